The molecular formula is CH3CuO3P. The van der Waals surface area contributed by atoms with Crippen LogP contribution in [-0.2, 0) is 21.6 Å². The first-order valence-corrected chi connectivity index (χ1v) is 2.98. The van der Waals surface area contributed by atoms with E-state index in [4.69, 9.17) is 14.4 Å². The van der Waals surface area contributed by atoms with Crippen molar-refractivity contribution in [1.29, 1.82) is 0 Å². The summed E-state index contributed by atoms with van der Waals surface area (Å²) in [7, 11) is -4.14. The molecule has 0 heterocycles. The van der Waals surface area contributed by atoms with Crippen molar-refractivity contribution >= 4 is 7.60 Å². The summed E-state index contributed by atoms with van der Waals surface area (Å²) in [5, 5.41) is 0. The van der Waals surface area contributed by atoms with Crippen LogP contribution in [0, 0.1) is 0 Å². The van der Waals surface area contributed by atoms with Crippen molar-refractivity contribution in [3.05, 3.63) is 0 Å². The third-order valence-electron chi connectivity index (χ3n) is 0. The average Bonchev–Trinajstić information content (AvgIpc) is 0.722. The van der Waals surface area contributed by atoms with Crippen molar-refractivity contribution in [1.82, 2.24) is 0 Å². The van der Waals surface area contributed by atoms with Crippen LogP contribution in [0.2, 0.25) is 0 Å². The number of hydrogen-bond acceptors (Lipinski definition) is 3. The largest absolute Gasteiger partial charge is 2.00 e. The predicted octanol–water partition coefficient (Wildman–Crippen LogP) is -1.47. The monoisotopic (exact) mass is 157 g/mol. The van der Waals surface area contributed by atoms with E-state index in [1.807, 2.05) is 0 Å². The third kappa shape index (κ3) is 140. The molecule has 0 N–H and O–H groups in total. The van der Waals surface area contributed by atoms with E-state index in [0.29, 0.717) is 6.66 Å². The molecule has 6 heavy (non-hydrogen) atoms. The minimum atomic E-state index is -4.14. The minimum absolute atomic E-state index is 0. The third-order valence-corrected chi connectivity index (χ3v) is 0. The molecule has 0 spiro atoms. The SMILES string of the molecule is CP(=O)([O-])[O-].[Cu+2]. The quantitative estimate of drug-likeness (QED) is 0.319. The van der Waals surface area contributed by atoms with Crippen molar-refractivity contribution in [3.63, 3.8) is 0 Å². The second kappa shape index (κ2) is 2.78. The second-order valence-corrected chi connectivity index (χ2v) is 2.31. The van der Waals surface area contributed by atoms with E-state index in [1.165, 1.54) is 0 Å². The maximum absolute atomic E-state index is 9.10. The molecule has 5 heteroatoms. The van der Waals surface area contributed by atoms with Crippen molar-refractivity contribution in [2.24, 2.45) is 0 Å². The van der Waals surface area contributed by atoms with Gasteiger partial charge in [0, 0.05) is 0 Å². The number of hydrogen-bond donors (Lipinski definition) is 0. The Kier molecular flexibility index (Phi) is 4.55. The van der Waals surface area contributed by atoms with Gasteiger partial charge in [-0.3, -0.25) is 0 Å². The molecule has 1 radical (unpaired) electrons. The van der Waals surface area contributed by atoms with Crippen LogP contribution in [0.5, 0.6) is 0 Å². The van der Waals surface area contributed by atoms with Gasteiger partial charge < -0.3 is 14.4 Å². The topological polar surface area (TPSA) is 63.2 Å². The van der Waals surface area contributed by atoms with E-state index in [0.717, 1.165) is 0 Å². The molecule has 0 saturated heterocycles. The molecule has 0 aromatic heterocycles. The van der Waals surface area contributed by atoms with Gasteiger partial charge in [0.25, 0.3) is 0 Å². The molecule has 0 aromatic rings. The van der Waals surface area contributed by atoms with E-state index in [1.54, 1.807) is 0 Å². The first kappa shape index (κ1) is 9.83. The van der Waals surface area contributed by atoms with Gasteiger partial charge in [-0.1, -0.05) is 7.60 Å². The molecule has 0 bridgehead atoms. The number of rotatable bonds is 0. The summed E-state index contributed by atoms with van der Waals surface area (Å²) in [6.07, 6.45) is 0. The zero-order chi connectivity index (χ0) is 4.50. The maximum Gasteiger partial charge on any atom is 2.00 e. The zero-order valence-corrected chi connectivity index (χ0v) is 4.81. The first-order chi connectivity index (χ1) is 2.00. The Bertz CT molecular complexity index is 56.9. The van der Waals surface area contributed by atoms with Gasteiger partial charge in [-0.05, 0) is 6.66 Å². The van der Waals surface area contributed by atoms with Crippen LogP contribution >= 0.6 is 7.60 Å². The second-order valence-electron chi connectivity index (χ2n) is 0.771. The fraction of sp³-hybridized carbons (Fsp3) is 1.00. The Hall–Kier alpha value is 0.669. The standard InChI is InChI=1S/CH5O3P.Cu/c1-5(2,3)4;/h1H3,(H2,2,3,4);/q;+2/p-2. The first-order valence-electron chi connectivity index (χ1n) is 0.995. The Morgan fingerprint density at radius 2 is 1.50 bits per heavy atom. The van der Waals surface area contributed by atoms with Crippen molar-refractivity contribution in [3.8, 4) is 0 Å². The summed E-state index contributed by atoms with van der Waals surface area (Å²) in [4.78, 5) is 18.2. The van der Waals surface area contributed by atoms with E-state index in [9.17, 15) is 0 Å². The fourth-order valence-corrected chi connectivity index (χ4v) is 0. The minimum Gasteiger partial charge on any atom is -0.811 e. The zero-order valence-electron chi connectivity index (χ0n) is 2.97. The van der Waals surface area contributed by atoms with E-state index < -0.39 is 7.60 Å². The van der Waals surface area contributed by atoms with Gasteiger partial charge in [0.05, 0.1) is 0 Å². The van der Waals surface area contributed by atoms with E-state index in [-0.39, 0.29) is 17.1 Å². The van der Waals surface area contributed by atoms with Gasteiger partial charge in [-0.25, -0.2) is 0 Å². The van der Waals surface area contributed by atoms with Crippen LogP contribution in [0.3, 0.4) is 0 Å². The van der Waals surface area contributed by atoms with Crippen LogP contribution in [0.4, 0.5) is 0 Å². The molecule has 0 aliphatic carbocycles. The normalized spacial score (nSPS) is 9.83. The molecule has 0 aliphatic heterocycles. The molecule has 0 aromatic carbocycles. The Morgan fingerprint density at radius 1 is 1.50 bits per heavy atom. The molecule has 0 atom stereocenters. The van der Waals surface area contributed by atoms with E-state index in [2.05, 4.69) is 0 Å². The summed E-state index contributed by atoms with van der Waals surface area (Å²) in [6, 6.07) is 0. The van der Waals surface area contributed by atoms with Crippen LogP contribution in [0.25, 0.3) is 0 Å². The smallest absolute Gasteiger partial charge is 0.811 e. The van der Waals surface area contributed by atoms with Crippen LogP contribution in [-0.4, -0.2) is 6.66 Å². The van der Waals surface area contributed by atoms with Crippen LogP contribution in [0.15, 0.2) is 0 Å². The molecule has 0 fully saturated rings. The van der Waals surface area contributed by atoms with Crippen LogP contribution < -0.4 is 9.79 Å². The van der Waals surface area contributed by atoms with Crippen molar-refractivity contribution < 1.29 is 31.4 Å². The van der Waals surface area contributed by atoms with Gasteiger partial charge in [-0.15, -0.1) is 0 Å². The summed E-state index contributed by atoms with van der Waals surface area (Å²) in [6.45, 7) is 0.632. The van der Waals surface area contributed by atoms with Gasteiger partial charge in [-0.2, -0.15) is 0 Å². The molecule has 0 aliphatic rings. The van der Waals surface area contributed by atoms with Crippen LogP contribution in [0.1, 0.15) is 0 Å². The van der Waals surface area contributed by atoms with Gasteiger partial charge in [0.15, 0.2) is 0 Å². The summed E-state index contributed by atoms with van der Waals surface area (Å²) < 4.78 is 9.10. The molecular weight excluding hydrogens is 155 g/mol. The van der Waals surface area contributed by atoms with Gasteiger partial charge in [0.2, 0.25) is 0 Å². The molecule has 0 amide bonds. The van der Waals surface area contributed by atoms with E-state index >= 15 is 0 Å². The Morgan fingerprint density at radius 3 is 1.50 bits per heavy atom. The maximum atomic E-state index is 9.10. The fourth-order valence-electron chi connectivity index (χ4n) is 0. The summed E-state index contributed by atoms with van der Waals surface area (Å²) in [5.41, 5.74) is 0. The average molecular weight is 158 g/mol. The van der Waals surface area contributed by atoms with Crippen molar-refractivity contribution in [2.75, 3.05) is 6.66 Å². The molecule has 3 nitrogen and oxygen atoms in total. The Labute approximate surface area is 46.4 Å². The molecule has 0 saturated carbocycles. The van der Waals surface area contributed by atoms with Gasteiger partial charge >= 0.3 is 17.1 Å². The Balaban J connectivity index is 0. The molecule has 41 valence electrons. The molecule has 0 unspecified atom stereocenters. The predicted molar refractivity (Wildman–Crippen MR) is 13.5 cm³/mol. The van der Waals surface area contributed by atoms with Gasteiger partial charge in [0.1, 0.15) is 0 Å². The molecule has 0 rings (SSSR count). The summed E-state index contributed by atoms with van der Waals surface area (Å²) in [5.74, 6) is 0. The summed E-state index contributed by atoms with van der Waals surface area (Å²) >= 11 is 0. The van der Waals surface area contributed by atoms with Crippen molar-refractivity contribution in [2.45, 2.75) is 0 Å².